The van der Waals surface area contributed by atoms with E-state index in [1.807, 2.05) is 11.9 Å². The predicted molar refractivity (Wildman–Crippen MR) is 80.2 cm³/mol. The Balaban J connectivity index is 2.13. The topological polar surface area (TPSA) is 28.2 Å². The van der Waals surface area contributed by atoms with Gasteiger partial charge in [0.05, 0.1) is 6.54 Å². The largest absolute Gasteiger partial charge is 0.349 e. The fraction of sp³-hybridized carbons (Fsp3) is 0.562. The van der Waals surface area contributed by atoms with Crippen molar-refractivity contribution >= 4 is 5.82 Å². The molecule has 0 amide bonds. The maximum atomic E-state index is 5.38. The van der Waals surface area contributed by atoms with Crippen molar-refractivity contribution in [1.29, 1.82) is 0 Å². The number of pyridine rings is 1. The number of anilines is 1. The van der Waals surface area contributed by atoms with Gasteiger partial charge in [0.15, 0.2) is 0 Å². The van der Waals surface area contributed by atoms with Gasteiger partial charge in [-0.25, -0.2) is 4.98 Å². The molecule has 0 unspecified atom stereocenters. The highest BCUT2D eigenvalue weighted by atomic mass is 15.2. The predicted octanol–water partition coefficient (Wildman–Crippen LogP) is 2.36. The molecule has 1 aromatic rings. The Hall–Kier alpha value is -1.53. The van der Waals surface area contributed by atoms with Crippen LogP contribution in [0.1, 0.15) is 37.4 Å². The summed E-state index contributed by atoms with van der Waals surface area (Å²) in [6.45, 7) is 3.71. The van der Waals surface area contributed by atoms with Crippen molar-refractivity contribution in [1.82, 2.24) is 10.3 Å². The quantitative estimate of drug-likeness (QED) is 0.760. The van der Waals surface area contributed by atoms with Crippen LogP contribution in [0.5, 0.6) is 0 Å². The van der Waals surface area contributed by atoms with Gasteiger partial charge in [-0.1, -0.05) is 19.3 Å². The van der Waals surface area contributed by atoms with E-state index >= 15 is 0 Å². The van der Waals surface area contributed by atoms with E-state index in [1.54, 1.807) is 0 Å². The van der Waals surface area contributed by atoms with Gasteiger partial charge in [0, 0.05) is 25.3 Å². The van der Waals surface area contributed by atoms with Crippen LogP contribution < -0.4 is 10.2 Å². The Kier molecular flexibility index (Phi) is 4.81. The van der Waals surface area contributed by atoms with Gasteiger partial charge in [-0.2, -0.15) is 0 Å². The van der Waals surface area contributed by atoms with Crippen LogP contribution in [0, 0.1) is 12.3 Å². The zero-order valence-electron chi connectivity index (χ0n) is 11.9. The number of hydrogen-bond donors (Lipinski definition) is 1. The number of aryl methyl sites for hydroxylation is 1. The third-order valence-corrected chi connectivity index (χ3v) is 3.32. The van der Waals surface area contributed by atoms with Crippen molar-refractivity contribution in [3.63, 3.8) is 0 Å². The number of rotatable bonds is 7. The summed E-state index contributed by atoms with van der Waals surface area (Å²) >= 11 is 0. The molecule has 1 fully saturated rings. The molecule has 3 nitrogen and oxygen atoms in total. The second kappa shape index (κ2) is 6.58. The molecule has 3 heteroatoms. The van der Waals surface area contributed by atoms with Gasteiger partial charge in [-0.3, -0.25) is 0 Å². The summed E-state index contributed by atoms with van der Waals surface area (Å²) in [5, 5.41) is 3.55. The molecule has 0 radical (unpaired) electrons. The van der Waals surface area contributed by atoms with Gasteiger partial charge in [0.2, 0.25) is 0 Å². The van der Waals surface area contributed by atoms with E-state index < -0.39 is 0 Å². The van der Waals surface area contributed by atoms with Gasteiger partial charge >= 0.3 is 0 Å². The molecule has 0 spiro atoms. The molecular formula is C16H23N3. The highest BCUT2D eigenvalue weighted by molar-refractivity contribution is 5.43. The van der Waals surface area contributed by atoms with Crippen LogP contribution in [0.4, 0.5) is 5.82 Å². The normalized spacial score (nSPS) is 14.2. The first-order valence-corrected chi connectivity index (χ1v) is 7.10. The highest BCUT2D eigenvalue weighted by Gasteiger charge is 2.20. The van der Waals surface area contributed by atoms with Crippen molar-refractivity contribution in [2.24, 2.45) is 0 Å². The summed E-state index contributed by atoms with van der Waals surface area (Å²) in [4.78, 5) is 6.71. The Morgan fingerprint density at radius 2 is 2.26 bits per heavy atom. The summed E-state index contributed by atoms with van der Waals surface area (Å²) < 4.78 is 0. The summed E-state index contributed by atoms with van der Waals surface area (Å²) in [5.41, 5.74) is 2.47. The minimum atomic E-state index is 0.595. The molecule has 0 saturated heterocycles. The van der Waals surface area contributed by atoms with E-state index in [2.05, 4.69) is 35.3 Å². The average Bonchev–Trinajstić information content (AvgIpc) is 3.21. The molecule has 2 rings (SSSR count). The molecule has 1 heterocycles. The third-order valence-electron chi connectivity index (χ3n) is 3.32. The van der Waals surface area contributed by atoms with Crippen LogP contribution in [0.3, 0.4) is 0 Å². The zero-order valence-corrected chi connectivity index (χ0v) is 11.9. The standard InChI is InChI=1S/C16H23N3/c1-4-6-15-10-13(12-17-14-7-8-14)11-16(18-15)19(3)9-5-2/h2,10-11,14,17H,4,6-9,12H2,1,3H3. The first-order valence-electron chi connectivity index (χ1n) is 7.10. The molecule has 1 saturated carbocycles. The second-order valence-electron chi connectivity index (χ2n) is 5.29. The lowest BCUT2D eigenvalue weighted by Crippen LogP contribution is -2.20. The van der Waals surface area contributed by atoms with Gasteiger partial charge in [0.25, 0.3) is 0 Å². The van der Waals surface area contributed by atoms with E-state index in [-0.39, 0.29) is 0 Å². The van der Waals surface area contributed by atoms with E-state index in [0.717, 1.165) is 36.9 Å². The number of hydrogen-bond acceptors (Lipinski definition) is 3. The maximum Gasteiger partial charge on any atom is 0.129 e. The number of terminal acetylenes is 1. The lowest BCUT2D eigenvalue weighted by Gasteiger charge is -2.17. The third kappa shape index (κ3) is 4.25. The van der Waals surface area contributed by atoms with Gasteiger partial charge < -0.3 is 10.2 Å². The summed E-state index contributed by atoms with van der Waals surface area (Å²) in [7, 11) is 2.00. The van der Waals surface area contributed by atoms with Crippen molar-refractivity contribution < 1.29 is 0 Å². The van der Waals surface area contributed by atoms with Crippen LogP contribution in [-0.4, -0.2) is 24.6 Å². The smallest absolute Gasteiger partial charge is 0.129 e. The van der Waals surface area contributed by atoms with Crippen LogP contribution in [0.15, 0.2) is 12.1 Å². The minimum absolute atomic E-state index is 0.595. The molecule has 1 aliphatic carbocycles. The minimum Gasteiger partial charge on any atom is -0.349 e. The van der Waals surface area contributed by atoms with Crippen LogP contribution in [0.2, 0.25) is 0 Å². The van der Waals surface area contributed by atoms with Crippen LogP contribution >= 0.6 is 0 Å². The van der Waals surface area contributed by atoms with Crippen molar-refractivity contribution in [3.05, 3.63) is 23.4 Å². The summed E-state index contributed by atoms with van der Waals surface area (Å²) in [5.74, 6) is 3.65. The lowest BCUT2D eigenvalue weighted by atomic mass is 10.1. The molecule has 102 valence electrons. The lowest BCUT2D eigenvalue weighted by molar-refractivity contribution is 0.685. The van der Waals surface area contributed by atoms with E-state index in [0.29, 0.717) is 6.54 Å². The Bertz CT molecular complexity index is 458. The average molecular weight is 257 g/mol. The molecule has 1 N–H and O–H groups in total. The molecule has 19 heavy (non-hydrogen) atoms. The fourth-order valence-electron chi connectivity index (χ4n) is 2.08. The van der Waals surface area contributed by atoms with Gasteiger partial charge in [-0.05, 0) is 37.0 Å². The number of nitrogens with zero attached hydrogens (tertiary/aromatic N) is 2. The number of aromatic nitrogens is 1. The monoisotopic (exact) mass is 257 g/mol. The zero-order chi connectivity index (χ0) is 13.7. The van der Waals surface area contributed by atoms with E-state index in [9.17, 15) is 0 Å². The van der Waals surface area contributed by atoms with E-state index in [1.165, 1.54) is 18.4 Å². The molecule has 0 bridgehead atoms. The number of nitrogens with one attached hydrogen (secondary N) is 1. The first-order chi connectivity index (χ1) is 9.22. The van der Waals surface area contributed by atoms with E-state index in [4.69, 9.17) is 6.42 Å². The molecule has 1 aromatic heterocycles. The first kappa shape index (κ1) is 13.9. The van der Waals surface area contributed by atoms with Crippen molar-refractivity contribution in [3.8, 4) is 12.3 Å². The van der Waals surface area contributed by atoms with Crippen molar-refractivity contribution in [2.75, 3.05) is 18.5 Å². The highest BCUT2D eigenvalue weighted by Crippen LogP contribution is 2.20. The summed E-state index contributed by atoms with van der Waals surface area (Å²) in [6, 6.07) is 5.09. The Morgan fingerprint density at radius 3 is 2.89 bits per heavy atom. The SMILES string of the molecule is C#CCN(C)c1cc(CNC2CC2)cc(CCC)n1. The Labute approximate surface area is 116 Å². The van der Waals surface area contributed by atoms with Gasteiger partial charge in [-0.15, -0.1) is 6.42 Å². The Morgan fingerprint density at radius 1 is 1.47 bits per heavy atom. The molecule has 0 aliphatic heterocycles. The summed E-state index contributed by atoms with van der Waals surface area (Å²) in [6.07, 6.45) is 10.1. The molecule has 0 atom stereocenters. The molecule has 0 aromatic carbocycles. The van der Waals surface area contributed by atoms with Crippen molar-refractivity contribution in [2.45, 2.75) is 45.2 Å². The molecular weight excluding hydrogens is 234 g/mol. The van der Waals surface area contributed by atoms with Crippen LogP contribution in [-0.2, 0) is 13.0 Å². The van der Waals surface area contributed by atoms with Gasteiger partial charge in [0.1, 0.15) is 5.82 Å². The molecule has 1 aliphatic rings. The maximum absolute atomic E-state index is 5.38. The fourth-order valence-corrected chi connectivity index (χ4v) is 2.08. The second-order valence-corrected chi connectivity index (χ2v) is 5.29. The van der Waals surface area contributed by atoms with Crippen LogP contribution in [0.25, 0.3) is 0 Å².